The molecule has 0 spiro atoms. The summed E-state index contributed by atoms with van der Waals surface area (Å²) < 4.78 is 12.8. The van der Waals surface area contributed by atoms with Crippen molar-refractivity contribution in [1.82, 2.24) is 0 Å². The summed E-state index contributed by atoms with van der Waals surface area (Å²) in [4.78, 5) is 22.5. The lowest BCUT2D eigenvalue weighted by atomic mass is 10.0. The zero-order valence-corrected chi connectivity index (χ0v) is 12.5. The van der Waals surface area contributed by atoms with Crippen LogP contribution in [0.1, 0.15) is 34.3 Å². The molecule has 0 aliphatic carbocycles. The van der Waals surface area contributed by atoms with Crippen LogP contribution in [0, 0.1) is 5.82 Å². The molecule has 0 unspecified atom stereocenters. The van der Waals surface area contributed by atoms with Crippen LogP contribution in [0.15, 0.2) is 54.6 Å². The standard InChI is InChI=1S/C19H17FO3/c20-17-11-6-15(7-12-17)8-13-18(21)16-9-4-14(5-10-16)2-1-3-19(22)23/h4-13H,1-3H2,(H,22,23). The number of carboxylic acid groups (broad SMARTS) is 1. The summed E-state index contributed by atoms with van der Waals surface area (Å²) in [5.74, 6) is -1.25. The molecule has 0 atom stereocenters. The molecule has 0 heterocycles. The van der Waals surface area contributed by atoms with Crippen molar-refractivity contribution in [1.29, 1.82) is 0 Å². The summed E-state index contributed by atoms with van der Waals surface area (Å²) in [6, 6.07) is 13.0. The molecule has 118 valence electrons. The maximum atomic E-state index is 12.8. The van der Waals surface area contributed by atoms with E-state index in [1.807, 2.05) is 12.1 Å². The largest absolute Gasteiger partial charge is 0.481 e. The average molecular weight is 312 g/mol. The van der Waals surface area contributed by atoms with Crippen LogP contribution < -0.4 is 0 Å². The van der Waals surface area contributed by atoms with Crippen molar-refractivity contribution in [3.05, 3.63) is 77.1 Å². The summed E-state index contributed by atoms with van der Waals surface area (Å²) in [6.07, 6.45) is 4.48. The first-order valence-corrected chi connectivity index (χ1v) is 7.33. The number of halogens is 1. The SMILES string of the molecule is O=C(O)CCCc1ccc(C(=O)C=Cc2ccc(F)cc2)cc1. The van der Waals surface area contributed by atoms with E-state index in [1.165, 1.54) is 18.2 Å². The Morgan fingerprint density at radius 3 is 2.26 bits per heavy atom. The smallest absolute Gasteiger partial charge is 0.303 e. The molecule has 0 saturated heterocycles. The molecule has 4 heteroatoms. The number of hydrogen-bond acceptors (Lipinski definition) is 2. The van der Waals surface area contributed by atoms with Crippen molar-refractivity contribution in [3.63, 3.8) is 0 Å². The van der Waals surface area contributed by atoms with Crippen LogP contribution in [0.2, 0.25) is 0 Å². The number of carbonyl (C=O) groups excluding carboxylic acids is 1. The van der Waals surface area contributed by atoms with Crippen molar-refractivity contribution in [2.45, 2.75) is 19.3 Å². The normalized spacial score (nSPS) is 10.8. The lowest BCUT2D eigenvalue weighted by Gasteiger charge is -2.01. The van der Waals surface area contributed by atoms with Gasteiger partial charge in [0.25, 0.3) is 0 Å². The third-order valence-corrected chi connectivity index (χ3v) is 3.39. The third-order valence-electron chi connectivity index (χ3n) is 3.39. The van der Waals surface area contributed by atoms with Gasteiger partial charge in [-0.25, -0.2) is 4.39 Å². The van der Waals surface area contributed by atoms with Crippen molar-refractivity contribution >= 4 is 17.8 Å². The van der Waals surface area contributed by atoms with Gasteiger partial charge in [0.05, 0.1) is 0 Å². The Bertz CT molecular complexity index is 700. The third kappa shape index (κ3) is 5.51. The molecule has 23 heavy (non-hydrogen) atoms. The van der Waals surface area contributed by atoms with Gasteiger partial charge in [-0.3, -0.25) is 9.59 Å². The van der Waals surface area contributed by atoms with Gasteiger partial charge >= 0.3 is 5.97 Å². The van der Waals surface area contributed by atoms with Gasteiger partial charge in [-0.15, -0.1) is 0 Å². The minimum atomic E-state index is -0.803. The van der Waals surface area contributed by atoms with Crippen molar-refractivity contribution in [3.8, 4) is 0 Å². The van der Waals surface area contributed by atoms with E-state index in [0.717, 1.165) is 11.1 Å². The Morgan fingerprint density at radius 2 is 1.65 bits per heavy atom. The van der Waals surface area contributed by atoms with Gasteiger partial charge in [-0.05, 0) is 42.2 Å². The molecule has 0 aromatic heterocycles. The van der Waals surface area contributed by atoms with Crippen LogP contribution in [-0.2, 0) is 11.2 Å². The van der Waals surface area contributed by atoms with Crippen molar-refractivity contribution in [2.24, 2.45) is 0 Å². The molecule has 0 saturated carbocycles. The van der Waals surface area contributed by atoms with Crippen LogP contribution in [0.5, 0.6) is 0 Å². The number of aryl methyl sites for hydroxylation is 1. The zero-order valence-electron chi connectivity index (χ0n) is 12.5. The molecule has 0 amide bonds. The number of ketones is 1. The number of rotatable bonds is 7. The van der Waals surface area contributed by atoms with Gasteiger partial charge < -0.3 is 5.11 Å². The summed E-state index contributed by atoms with van der Waals surface area (Å²) in [7, 11) is 0. The predicted molar refractivity (Wildman–Crippen MR) is 86.8 cm³/mol. The molecule has 0 bridgehead atoms. The minimum absolute atomic E-state index is 0.133. The van der Waals surface area contributed by atoms with E-state index in [1.54, 1.807) is 30.3 Å². The molecule has 0 aliphatic rings. The second kappa shape index (κ2) is 8.03. The minimum Gasteiger partial charge on any atom is -0.481 e. The first-order chi connectivity index (χ1) is 11.0. The number of allylic oxidation sites excluding steroid dienone is 1. The number of aliphatic carboxylic acids is 1. The van der Waals surface area contributed by atoms with Crippen LogP contribution in [0.4, 0.5) is 4.39 Å². The Morgan fingerprint density at radius 1 is 1.00 bits per heavy atom. The molecule has 0 fully saturated rings. The molecule has 2 aromatic rings. The van der Waals surface area contributed by atoms with E-state index in [4.69, 9.17) is 5.11 Å². The van der Waals surface area contributed by atoms with Gasteiger partial charge in [0, 0.05) is 12.0 Å². The Kier molecular flexibility index (Phi) is 5.80. The molecule has 2 rings (SSSR count). The lowest BCUT2D eigenvalue weighted by Crippen LogP contribution is -1.97. The molecule has 1 N–H and O–H groups in total. The fraction of sp³-hybridized carbons (Fsp3) is 0.158. The number of hydrogen-bond donors (Lipinski definition) is 1. The average Bonchev–Trinajstić information content (AvgIpc) is 2.54. The molecule has 0 aliphatic heterocycles. The number of carboxylic acids is 1. The van der Waals surface area contributed by atoms with Crippen LogP contribution in [0.25, 0.3) is 6.08 Å². The fourth-order valence-electron chi connectivity index (χ4n) is 2.12. The first-order valence-electron chi connectivity index (χ1n) is 7.33. The van der Waals surface area contributed by atoms with Crippen LogP contribution in [0.3, 0.4) is 0 Å². The first kappa shape index (κ1) is 16.6. The summed E-state index contributed by atoms with van der Waals surface area (Å²) >= 11 is 0. The van der Waals surface area contributed by atoms with Gasteiger partial charge in [0.1, 0.15) is 5.82 Å². The lowest BCUT2D eigenvalue weighted by molar-refractivity contribution is -0.137. The van der Waals surface area contributed by atoms with E-state index in [9.17, 15) is 14.0 Å². The molecule has 0 radical (unpaired) electrons. The summed E-state index contributed by atoms with van der Waals surface area (Å²) in [5.41, 5.74) is 2.32. The highest BCUT2D eigenvalue weighted by Crippen LogP contribution is 2.11. The van der Waals surface area contributed by atoms with Crippen LogP contribution in [-0.4, -0.2) is 16.9 Å². The zero-order chi connectivity index (χ0) is 16.7. The Labute approximate surface area is 134 Å². The highest BCUT2D eigenvalue weighted by molar-refractivity contribution is 6.06. The number of carbonyl (C=O) groups is 2. The monoisotopic (exact) mass is 312 g/mol. The van der Waals surface area contributed by atoms with Crippen molar-refractivity contribution in [2.75, 3.05) is 0 Å². The summed E-state index contributed by atoms with van der Waals surface area (Å²) in [6.45, 7) is 0. The Hall–Kier alpha value is -2.75. The van der Waals surface area contributed by atoms with Crippen LogP contribution >= 0.6 is 0 Å². The van der Waals surface area contributed by atoms with E-state index in [2.05, 4.69) is 0 Å². The van der Waals surface area contributed by atoms with Crippen molar-refractivity contribution < 1.29 is 19.1 Å². The second-order valence-corrected chi connectivity index (χ2v) is 5.19. The van der Waals surface area contributed by atoms with E-state index < -0.39 is 5.97 Å². The van der Waals surface area contributed by atoms with Gasteiger partial charge in [-0.1, -0.05) is 42.5 Å². The predicted octanol–water partition coefficient (Wildman–Crippen LogP) is 4.13. The van der Waals surface area contributed by atoms with E-state index in [-0.39, 0.29) is 18.0 Å². The quantitative estimate of drug-likeness (QED) is 0.618. The topological polar surface area (TPSA) is 54.4 Å². The van der Waals surface area contributed by atoms with Gasteiger partial charge in [0.2, 0.25) is 0 Å². The highest BCUT2D eigenvalue weighted by Gasteiger charge is 2.03. The van der Waals surface area contributed by atoms with Gasteiger partial charge in [-0.2, -0.15) is 0 Å². The summed E-state index contributed by atoms with van der Waals surface area (Å²) in [5, 5.41) is 8.60. The molecule has 3 nitrogen and oxygen atoms in total. The Balaban J connectivity index is 1.94. The highest BCUT2D eigenvalue weighted by atomic mass is 19.1. The maximum Gasteiger partial charge on any atom is 0.303 e. The molecular formula is C19H17FO3. The molecule has 2 aromatic carbocycles. The van der Waals surface area contributed by atoms with E-state index in [0.29, 0.717) is 18.4 Å². The van der Waals surface area contributed by atoms with Gasteiger partial charge in [0.15, 0.2) is 5.78 Å². The molecular weight excluding hydrogens is 295 g/mol. The fourth-order valence-corrected chi connectivity index (χ4v) is 2.12. The number of benzene rings is 2. The maximum absolute atomic E-state index is 12.8. The van der Waals surface area contributed by atoms with E-state index >= 15 is 0 Å². The second-order valence-electron chi connectivity index (χ2n) is 5.19.